The summed E-state index contributed by atoms with van der Waals surface area (Å²) in [6, 6.07) is 0. The minimum absolute atomic E-state index is 0. The van der Waals surface area contributed by atoms with E-state index in [2.05, 4.69) is 0 Å². The van der Waals surface area contributed by atoms with Gasteiger partial charge in [0.15, 0.2) is 0 Å². The van der Waals surface area contributed by atoms with Gasteiger partial charge in [0.25, 0.3) is 0 Å². The van der Waals surface area contributed by atoms with Crippen LogP contribution in [0.1, 0.15) is 13.3 Å². The monoisotopic (exact) mass is 161 g/mol. The number of carbonyl (C=O) groups excluding carboxylic acids is 1. The predicted octanol–water partition coefficient (Wildman–Crippen LogP) is 0.973. The fourth-order valence-corrected chi connectivity index (χ4v) is 0. The van der Waals surface area contributed by atoms with Crippen LogP contribution in [0.15, 0.2) is 0 Å². The molecule has 1 amide bonds. The Balaban J connectivity index is 0. The normalized spacial score (nSPS) is 6.17. The van der Waals surface area contributed by atoms with Crippen molar-refractivity contribution in [3.63, 3.8) is 0 Å². The molecular weight excluding hydrogens is 155 g/mol. The Kier molecular flexibility index (Phi) is 9.07. The van der Waals surface area contributed by atoms with Crippen molar-refractivity contribution in [3.05, 3.63) is 5.73 Å². The zero-order valence-electron chi connectivity index (χ0n) is 3.69. The summed E-state index contributed by atoms with van der Waals surface area (Å²) >= 11 is 0. The summed E-state index contributed by atoms with van der Waals surface area (Å²) in [6.45, 7) is 1.66. The van der Waals surface area contributed by atoms with E-state index in [-0.39, 0.29) is 32.7 Å². The van der Waals surface area contributed by atoms with Crippen molar-refractivity contribution in [2.24, 2.45) is 0 Å². The standard InChI is InChI=1S/C3H7NO.Y/c1-2-3(4)5;/h2H2,1H3,(H2,4,5);/p-1. The third-order valence-electron chi connectivity index (χ3n) is 0.321. The molecule has 0 saturated carbocycles. The maximum Gasteiger partial charge on any atom is 0.0484 e. The molecule has 0 aliphatic carbocycles. The van der Waals surface area contributed by atoms with E-state index in [9.17, 15) is 4.79 Å². The zero-order valence-corrected chi connectivity index (χ0v) is 6.53. The minimum Gasteiger partial charge on any atom is -0.668 e. The first-order valence-electron chi connectivity index (χ1n) is 1.51. The summed E-state index contributed by atoms with van der Waals surface area (Å²) in [5.41, 5.74) is 6.19. The van der Waals surface area contributed by atoms with E-state index in [1.54, 1.807) is 6.92 Å². The van der Waals surface area contributed by atoms with Gasteiger partial charge in [-0.25, -0.2) is 0 Å². The quantitative estimate of drug-likeness (QED) is 0.564. The molecule has 1 radical (unpaired) electrons. The maximum atomic E-state index is 9.48. The van der Waals surface area contributed by atoms with Gasteiger partial charge in [0.1, 0.15) is 0 Å². The Morgan fingerprint density at radius 2 is 2.00 bits per heavy atom. The summed E-state index contributed by atoms with van der Waals surface area (Å²) in [5.74, 6) is -0.495. The number of carbonyl (C=O) groups is 1. The Morgan fingerprint density at radius 3 is 2.00 bits per heavy atom. The molecule has 3 heteroatoms. The second kappa shape index (κ2) is 5.57. The van der Waals surface area contributed by atoms with Gasteiger partial charge < -0.3 is 10.5 Å². The van der Waals surface area contributed by atoms with Crippen molar-refractivity contribution >= 4 is 5.91 Å². The summed E-state index contributed by atoms with van der Waals surface area (Å²) in [6.07, 6.45) is 0.333. The van der Waals surface area contributed by atoms with Crippen LogP contribution in [-0.2, 0) is 37.5 Å². The van der Waals surface area contributed by atoms with Gasteiger partial charge in [-0.1, -0.05) is 6.92 Å². The average Bonchev–Trinajstić information content (AvgIpc) is 1.38. The van der Waals surface area contributed by atoms with E-state index in [1.165, 1.54) is 0 Å². The summed E-state index contributed by atoms with van der Waals surface area (Å²) in [5, 5.41) is 0. The molecule has 33 valence electrons. The molecule has 0 heterocycles. The van der Waals surface area contributed by atoms with Crippen LogP contribution < -0.4 is 0 Å². The van der Waals surface area contributed by atoms with Crippen LogP contribution in [0.3, 0.4) is 0 Å². The van der Waals surface area contributed by atoms with Crippen molar-refractivity contribution in [3.8, 4) is 0 Å². The molecule has 0 aliphatic rings. The number of rotatable bonds is 1. The fraction of sp³-hybridized carbons (Fsp3) is 0.667. The van der Waals surface area contributed by atoms with E-state index >= 15 is 0 Å². The molecule has 0 aromatic carbocycles. The van der Waals surface area contributed by atoms with Gasteiger partial charge >= 0.3 is 0 Å². The van der Waals surface area contributed by atoms with Gasteiger partial charge in [-0.3, -0.25) is 0 Å². The van der Waals surface area contributed by atoms with Gasteiger partial charge in [0, 0.05) is 38.6 Å². The van der Waals surface area contributed by atoms with Crippen LogP contribution in [0.2, 0.25) is 0 Å². The Labute approximate surface area is 62.4 Å². The van der Waals surface area contributed by atoms with Crippen molar-refractivity contribution < 1.29 is 37.5 Å². The minimum atomic E-state index is -0.495. The summed E-state index contributed by atoms with van der Waals surface area (Å²) in [7, 11) is 0. The van der Waals surface area contributed by atoms with Gasteiger partial charge in [-0.05, 0) is 6.42 Å². The molecule has 0 spiro atoms. The molecule has 0 unspecified atom stereocenters. The molecule has 0 fully saturated rings. The third kappa shape index (κ3) is 8.82. The van der Waals surface area contributed by atoms with Crippen LogP contribution in [-0.4, -0.2) is 5.91 Å². The van der Waals surface area contributed by atoms with Crippen LogP contribution in [0.5, 0.6) is 0 Å². The second-order valence-corrected chi connectivity index (χ2v) is 0.777. The first-order chi connectivity index (χ1) is 2.27. The molecular formula is C3H6NOY-. The molecule has 0 aromatic rings. The van der Waals surface area contributed by atoms with Crippen LogP contribution in [0.4, 0.5) is 0 Å². The maximum absolute atomic E-state index is 9.48. The van der Waals surface area contributed by atoms with Gasteiger partial charge in [-0.2, -0.15) is 0 Å². The molecule has 0 rings (SSSR count). The molecule has 0 aliphatic heterocycles. The van der Waals surface area contributed by atoms with E-state index in [0.717, 1.165) is 0 Å². The fourth-order valence-electron chi connectivity index (χ4n) is 0. The average molecular weight is 161 g/mol. The van der Waals surface area contributed by atoms with Crippen molar-refractivity contribution in [2.75, 3.05) is 0 Å². The molecule has 0 atom stereocenters. The summed E-state index contributed by atoms with van der Waals surface area (Å²) in [4.78, 5) is 9.48. The topological polar surface area (TPSA) is 40.9 Å². The number of amides is 1. The van der Waals surface area contributed by atoms with E-state index in [0.29, 0.717) is 6.42 Å². The van der Waals surface area contributed by atoms with Crippen LogP contribution in [0, 0.1) is 0 Å². The van der Waals surface area contributed by atoms with Gasteiger partial charge in [-0.15, -0.1) is 0 Å². The van der Waals surface area contributed by atoms with Crippen molar-refractivity contribution in [1.29, 1.82) is 0 Å². The molecule has 0 saturated heterocycles. The van der Waals surface area contributed by atoms with Crippen molar-refractivity contribution in [2.45, 2.75) is 13.3 Å². The molecule has 0 bridgehead atoms. The molecule has 2 nitrogen and oxygen atoms in total. The molecule has 6 heavy (non-hydrogen) atoms. The number of hydrogen-bond acceptors (Lipinski definition) is 1. The van der Waals surface area contributed by atoms with Crippen LogP contribution in [0.25, 0.3) is 5.73 Å². The van der Waals surface area contributed by atoms with Crippen molar-refractivity contribution in [1.82, 2.24) is 0 Å². The summed E-state index contributed by atoms with van der Waals surface area (Å²) < 4.78 is 0. The Bertz CT molecular complexity index is 46.1. The second-order valence-electron chi connectivity index (χ2n) is 0.777. The van der Waals surface area contributed by atoms with E-state index < -0.39 is 5.91 Å². The SMILES string of the molecule is CCC([NH-])=O.[Y]. The number of hydrogen-bond donors (Lipinski definition) is 0. The van der Waals surface area contributed by atoms with E-state index in [4.69, 9.17) is 5.73 Å². The molecule has 0 aromatic heterocycles. The van der Waals surface area contributed by atoms with Gasteiger partial charge in [0.05, 0.1) is 0 Å². The number of nitrogens with one attached hydrogen (secondary N) is 1. The predicted molar refractivity (Wildman–Crippen MR) is 19.6 cm³/mol. The Morgan fingerprint density at radius 1 is 1.83 bits per heavy atom. The molecule has 1 N–H and O–H groups in total. The first kappa shape index (κ1) is 9.76. The first-order valence-corrected chi connectivity index (χ1v) is 1.51. The largest absolute Gasteiger partial charge is 0.668 e. The van der Waals surface area contributed by atoms with Gasteiger partial charge in [0.2, 0.25) is 0 Å². The zero-order chi connectivity index (χ0) is 4.28. The smallest absolute Gasteiger partial charge is 0.0484 e. The third-order valence-corrected chi connectivity index (χ3v) is 0.321. The van der Waals surface area contributed by atoms with Crippen LogP contribution >= 0.6 is 0 Å². The Hall–Kier alpha value is 0.574. The van der Waals surface area contributed by atoms with E-state index in [1.807, 2.05) is 0 Å².